The summed E-state index contributed by atoms with van der Waals surface area (Å²) < 4.78 is 5.67. The number of nitrogens with zero attached hydrogens (tertiary/aromatic N) is 2. The second-order valence-corrected chi connectivity index (χ2v) is 5.41. The van der Waals surface area contributed by atoms with Gasteiger partial charge in [0.1, 0.15) is 5.75 Å². The fourth-order valence-electron chi connectivity index (χ4n) is 2.34. The first-order chi connectivity index (χ1) is 9.60. The summed E-state index contributed by atoms with van der Waals surface area (Å²) in [5, 5.41) is 0.610. The highest BCUT2D eigenvalue weighted by Crippen LogP contribution is 2.19. The van der Waals surface area contributed by atoms with E-state index < -0.39 is 6.10 Å². The Morgan fingerprint density at radius 2 is 2.05 bits per heavy atom. The number of hydrogen-bond donors (Lipinski definition) is 0. The van der Waals surface area contributed by atoms with Crippen LogP contribution in [-0.2, 0) is 4.79 Å². The lowest BCUT2D eigenvalue weighted by atomic mass is 10.2. The van der Waals surface area contributed by atoms with Gasteiger partial charge in [-0.25, -0.2) is 0 Å². The molecule has 1 heterocycles. The molecule has 0 saturated carbocycles. The average molecular weight is 297 g/mol. The van der Waals surface area contributed by atoms with Crippen LogP contribution in [0, 0.1) is 0 Å². The van der Waals surface area contributed by atoms with Crippen LogP contribution in [0.5, 0.6) is 5.75 Å². The highest BCUT2D eigenvalue weighted by molar-refractivity contribution is 6.30. The first-order valence-corrected chi connectivity index (χ1v) is 7.41. The predicted octanol–water partition coefficient (Wildman–Crippen LogP) is 2.27. The summed E-state index contributed by atoms with van der Waals surface area (Å²) in [6, 6.07) is 7.13. The van der Waals surface area contributed by atoms with E-state index in [1.807, 2.05) is 17.0 Å². The van der Waals surface area contributed by atoms with Crippen molar-refractivity contribution in [1.29, 1.82) is 0 Å². The second kappa shape index (κ2) is 6.95. The number of carbonyl (C=O) groups excluding carboxylic acids is 1. The van der Waals surface area contributed by atoms with Crippen molar-refractivity contribution in [3.05, 3.63) is 29.3 Å². The molecule has 5 heteroatoms. The van der Waals surface area contributed by atoms with Gasteiger partial charge < -0.3 is 14.5 Å². The van der Waals surface area contributed by atoms with Crippen LogP contribution in [-0.4, -0.2) is 54.5 Å². The van der Waals surface area contributed by atoms with Crippen molar-refractivity contribution in [2.75, 3.05) is 32.7 Å². The number of benzene rings is 1. The molecule has 0 radical (unpaired) electrons. The number of likely N-dealkylation sites (N-methyl/N-ethyl adjacent to an activating group) is 1. The summed E-state index contributed by atoms with van der Waals surface area (Å²) in [4.78, 5) is 16.5. The molecule has 1 fully saturated rings. The van der Waals surface area contributed by atoms with Gasteiger partial charge in [0.2, 0.25) is 0 Å². The van der Waals surface area contributed by atoms with Crippen molar-refractivity contribution < 1.29 is 9.53 Å². The Morgan fingerprint density at radius 3 is 2.65 bits per heavy atom. The Balaban J connectivity index is 1.89. The van der Waals surface area contributed by atoms with Crippen molar-refractivity contribution in [2.24, 2.45) is 0 Å². The molecule has 1 aliphatic heterocycles. The molecule has 0 unspecified atom stereocenters. The van der Waals surface area contributed by atoms with Crippen LogP contribution in [0.15, 0.2) is 24.3 Å². The van der Waals surface area contributed by atoms with E-state index in [1.54, 1.807) is 19.1 Å². The summed E-state index contributed by atoms with van der Waals surface area (Å²) in [5.74, 6) is 0.672. The van der Waals surface area contributed by atoms with E-state index in [1.165, 1.54) is 0 Å². The van der Waals surface area contributed by atoms with E-state index in [-0.39, 0.29) is 5.91 Å². The van der Waals surface area contributed by atoms with Gasteiger partial charge in [0.25, 0.3) is 5.91 Å². The highest BCUT2D eigenvalue weighted by atomic mass is 35.5. The molecule has 1 aliphatic rings. The van der Waals surface area contributed by atoms with E-state index in [4.69, 9.17) is 16.3 Å². The molecule has 0 N–H and O–H groups in total. The molecule has 1 aromatic rings. The van der Waals surface area contributed by atoms with Crippen molar-refractivity contribution in [3.8, 4) is 5.75 Å². The summed E-state index contributed by atoms with van der Waals surface area (Å²) in [6.45, 7) is 8.39. The van der Waals surface area contributed by atoms with E-state index in [9.17, 15) is 4.79 Å². The molecule has 1 saturated heterocycles. The third-order valence-corrected chi connectivity index (χ3v) is 3.82. The lowest BCUT2D eigenvalue weighted by Crippen LogP contribution is -2.51. The molecule has 0 aromatic heterocycles. The standard InChI is InChI=1S/C15H21ClN2O2/c1-3-17-7-9-18(10-8-17)15(19)12(2)20-14-6-4-5-13(16)11-14/h4-6,11-12H,3,7-10H2,1-2H3/t12-/m1/s1. The van der Waals surface area contributed by atoms with Gasteiger partial charge in [0.15, 0.2) is 6.10 Å². The second-order valence-electron chi connectivity index (χ2n) is 4.98. The number of hydrogen-bond acceptors (Lipinski definition) is 3. The predicted molar refractivity (Wildman–Crippen MR) is 80.2 cm³/mol. The van der Waals surface area contributed by atoms with Crippen LogP contribution in [0.3, 0.4) is 0 Å². The Bertz CT molecular complexity index is 459. The summed E-state index contributed by atoms with van der Waals surface area (Å²) in [7, 11) is 0. The topological polar surface area (TPSA) is 32.8 Å². The van der Waals surface area contributed by atoms with E-state index >= 15 is 0 Å². The molecule has 2 rings (SSSR count). The fourth-order valence-corrected chi connectivity index (χ4v) is 2.52. The normalized spacial score (nSPS) is 17.9. The number of piperazine rings is 1. The lowest BCUT2D eigenvalue weighted by Gasteiger charge is -2.35. The molecular formula is C15H21ClN2O2. The average Bonchev–Trinajstić information content (AvgIpc) is 2.46. The molecule has 1 atom stereocenters. The van der Waals surface area contributed by atoms with Gasteiger partial charge >= 0.3 is 0 Å². The third-order valence-electron chi connectivity index (χ3n) is 3.59. The van der Waals surface area contributed by atoms with Crippen LogP contribution in [0.25, 0.3) is 0 Å². The van der Waals surface area contributed by atoms with Gasteiger partial charge in [-0.3, -0.25) is 4.79 Å². The van der Waals surface area contributed by atoms with Gasteiger partial charge in [0, 0.05) is 31.2 Å². The minimum absolute atomic E-state index is 0.0423. The molecule has 0 spiro atoms. The number of carbonyl (C=O) groups is 1. The number of halogens is 1. The molecule has 20 heavy (non-hydrogen) atoms. The quantitative estimate of drug-likeness (QED) is 0.854. The van der Waals surface area contributed by atoms with Crippen LogP contribution in [0.4, 0.5) is 0 Å². The minimum Gasteiger partial charge on any atom is -0.481 e. The van der Waals surface area contributed by atoms with Crippen LogP contribution < -0.4 is 4.74 Å². The van der Waals surface area contributed by atoms with E-state index in [0.717, 1.165) is 32.7 Å². The SMILES string of the molecule is CCN1CCN(C(=O)[C@@H](C)Oc2cccc(Cl)c2)CC1. The number of ether oxygens (including phenoxy) is 1. The zero-order valence-corrected chi connectivity index (χ0v) is 12.8. The summed E-state index contributed by atoms with van der Waals surface area (Å²) in [6.07, 6.45) is -0.485. The number of amides is 1. The maximum Gasteiger partial charge on any atom is 0.263 e. The summed E-state index contributed by atoms with van der Waals surface area (Å²) >= 11 is 5.91. The highest BCUT2D eigenvalue weighted by Gasteiger charge is 2.25. The molecule has 1 aromatic carbocycles. The Labute approximate surface area is 125 Å². The first-order valence-electron chi connectivity index (χ1n) is 7.03. The van der Waals surface area contributed by atoms with Crippen LogP contribution in [0.2, 0.25) is 5.02 Å². The molecule has 4 nitrogen and oxygen atoms in total. The number of rotatable bonds is 4. The lowest BCUT2D eigenvalue weighted by molar-refractivity contribution is -0.139. The van der Waals surface area contributed by atoms with E-state index in [0.29, 0.717) is 10.8 Å². The minimum atomic E-state index is -0.485. The van der Waals surface area contributed by atoms with Gasteiger partial charge in [-0.05, 0) is 31.7 Å². The van der Waals surface area contributed by atoms with Crippen LogP contribution in [0.1, 0.15) is 13.8 Å². The van der Waals surface area contributed by atoms with Crippen LogP contribution >= 0.6 is 11.6 Å². The van der Waals surface area contributed by atoms with Gasteiger partial charge in [-0.15, -0.1) is 0 Å². The van der Waals surface area contributed by atoms with Crippen molar-refractivity contribution in [1.82, 2.24) is 9.80 Å². The van der Waals surface area contributed by atoms with Crippen molar-refractivity contribution in [2.45, 2.75) is 20.0 Å². The van der Waals surface area contributed by atoms with Gasteiger partial charge in [-0.1, -0.05) is 24.6 Å². The Hall–Kier alpha value is -1.26. The van der Waals surface area contributed by atoms with Gasteiger partial charge in [0.05, 0.1) is 0 Å². The molecule has 1 amide bonds. The molecule has 110 valence electrons. The third kappa shape index (κ3) is 3.87. The molecular weight excluding hydrogens is 276 g/mol. The summed E-state index contributed by atoms with van der Waals surface area (Å²) in [5.41, 5.74) is 0. The van der Waals surface area contributed by atoms with Crippen molar-refractivity contribution >= 4 is 17.5 Å². The first kappa shape index (κ1) is 15.1. The largest absolute Gasteiger partial charge is 0.481 e. The zero-order chi connectivity index (χ0) is 14.5. The van der Waals surface area contributed by atoms with Gasteiger partial charge in [-0.2, -0.15) is 0 Å². The maximum absolute atomic E-state index is 12.3. The van der Waals surface area contributed by atoms with E-state index in [2.05, 4.69) is 11.8 Å². The smallest absolute Gasteiger partial charge is 0.263 e. The zero-order valence-electron chi connectivity index (χ0n) is 12.0. The Kier molecular flexibility index (Phi) is 5.26. The fraction of sp³-hybridized carbons (Fsp3) is 0.533. The van der Waals surface area contributed by atoms with Crippen molar-refractivity contribution in [3.63, 3.8) is 0 Å². The maximum atomic E-state index is 12.3. The molecule has 0 bridgehead atoms. The monoisotopic (exact) mass is 296 g/mol. The molecule has 0 aliphatic carbocycles. The Morgan fingerprint density at radius 1 is 1.35 bits per heavy atom.